The fraction of sp³-hybridized carbons (Fsp3) is 0.647. The predicted molar refractivity (Wildman–Crippen MR) is 78.3 cm³/mol. The second-order valence-corrected chi connectivity index (χ2v) is 6.32. The van der Waals surface area contributed by atoms with Crippen molar-refractivity contribution >= 4 is 0 Å². The molecule has 1 heterocycles. The summed E-state index contributed by atoms with van der Waals surface area (Å²) in [6.45, 7) is 5.41. The Balaban J connectivity index is 1.63. The third-order valence-electron chi connectivity index (χ3n) is 4.90. The third kappa shape index (κ3) is 2.70. The Labute approximate surface area is 116 Å². The van der Waals surface area contributed by atoms with Crippen LogP contribution in [-0.2, 0) is 4.74 Å². The zero-order chi connectivity index (χ0) is 13.3. The first-order chi connectivity index (χ1) is 9.19. The van der Waals surface area contributed by atoms with Gasteiger partial charge in [0.15, 0.2) is 0 Å². The van der Waals surface area contributed by atoms with Crippen molar-refractivity contribution in [2.24, 2.45) is 0 Å². The molecule has 3 rings (SSSR count). The lowest BCUT2D eigenvalue weighted by molar-refractivity contribution is -0.136. The summed E-state index contributed by atoms with van der Waals surface area (Å²) in [6, 6.07) is 9.74. The first-order valence-corrected chi connectivity index (χ1v) is 7.64. The molecule has 1 aromatic rings. The van der Waals surface area contributed by atoms with Crippen LogP contribution in [0, 0.1) is 6.92 Å². The normalized spacial score (nSPS) is 26.9. The average Bonchev–Trinajstić information content (AvgIpc) is 2.37. The second-order valence-electron chi connectivity index (χ2n) is 6.32. The van der Waals surface area contributed by atoms with Crippen molar-refractivity contribution in [3.63, 3.8) is 0 Å². The number of nitrogens with one attached hydrogen (secondary N) is 1. The van der Waals surface area contributed by atoms with E-state index in [1.807, 2.05) is 0 Å². The van der Waals surface area contributed by atoms with E-state index in [-0.39, 0.29) is 5.60 Å². The number of hydrogen-bond acceptors (Lipinski definition) is 2. The molecule has 104 valence electrons. The maximum atomic E-state index is 6.00. The molecule has 2 fully saturated rings. The van der Waals surface area contributed by atoms with E-state index in [2.05, 4.69) is 43.4 Å². The maximum absolute atomic E-state index is 6.00. The van der Waals surface area contributed by atoms with Gasteiger partial charge in [-0.25, -0.2) is 0 Å². The number of hydrogen-bond donors (Lipinski definition) is 1. The van der Waals surface area contributed by atoms with Crippen molar-refractivity contribution in [3.05, 3.63) is 35.4 Å². The molecule has 2 atom stereocenters. The van der Waals surface area contributed by atoms with Gasteiger partial charge in [0.25, 0.3) is 0 Å². The summed E-state index contributed by atoms with van der Waals surface area (Å²) in [6.07, 6.45) is 6.23. The van der Waals surface area contributed by atoms with E-state index in [9.17, 15) is 0 Å². The van der Waals surface area contributed by atoms with Crippen molar-refractivity contribution < 1.29 is 4.74 Å². The van der Waals surface area contributed by atoms with Gasteiger partial charge in [0.2, 0.25) is 0 Å². The molecule has 1 aromatic carbocycles. The predicted octanol–water partition coefficient (Wildman–Crippen LogP) is 3.75. The number of aryl methyl sites for hydroxylation is 1. The summed E-state index contributed by atoms with van der Waals surface area (Å²) < 4.78 is 6.00. The Kier molecular flexibility index (Phi) is 3.64. The lowest BCUT2D eigenvalue weighted by atomic mass is 9.74. The first kappa shape index (κ1) is 13.1. The van der Waals surface area contributed by atoms with Crippen molar-refractivity contribution in [1.82, 2.24) is 5.32 Å². The molecule has 0 amide bonds. The maximum Gasteiger partial charge on any atom is 0.0697 e. The number of benzene rings is 1. The molecule has 2 unspecified atom stereocenters. The standard InChI is InChI=1S/C17H25NO/c1-13-6-3-4-7-16(13)14(2)18-15-8-11-19-17(12-15)9-5-10-17/h3-4,6-7,14-15,18H,5,8-12H2,1-2H3. The smallest absolute Gasteiger partial charge is 0.0697 e. The molecule has 2 nitrogen and oxygen atoms in total. The van der Waals surface area contributed by atoms with Gasteiger partial charge >= 0.3 is 0 Å². The van der Waals surface area contributed by atoms with Gasteiger partial charge in [0.05, 0.1) is 5.60 Å². The van der Waals surface area contributed by atoms with E-state index in [0.29, 0.717) is 12.1 Å². The van der Waals surface area contributed by atoms with E-state index >= 15 is 0 Å². The molecule has 19 heavy (non-hydrogen) atoms. The van der Waals surface area contributed by atoms with Gasteiger partial charge in [-0.15, -0.1) is 0 Å². The lowest BCUT2D eigenvalue weighted by Crippen LogP contribution is -2.51. The molecule has 2 aliphatic rings. The van der Waals surface area contributed by atoms with Crippen LogP contribution in [0.15, 0.2) is 24.3 Å². The average molecular weight is 259 g/mol. The van der Waals surface area contributed by atoms with Gasteiger partial charge in [-0.05, 0) is 57.1 Å². The highest BCUT2D eigenvalue weighted by molar-refractivity contribution is 5.28. The summed E-state index contributed by atoms with van der Waals surface area (Å²) in [7, 11) is 0. The molecule has 1 saturated carbocycles. The highest BCUT2D eigenvalue weighted by Gasteiger charge is 2.42. The summed E-state index contributed by atoms with van der Waals surface area (Å²) in [5.41, 5.74) is 3.05. The minimum absolute atomic E-state index is 0.237. The van der Waals surface area contributed by atoms with E-state index in [4.69, 9.17) is 4.74 Å². The van der Waals surface area contributed by atoms with Crippen molar-refractivity contribution in [2.45, 2.75) is 63.6 Å². The van der Waals surface area contributed by atoms with Crippen molar-refractivity contribution in [2.75, 3.05) is 6.61 Å². The van der Waals surface area contributed by atoms with Crippen LogP contribution in [0.1, 0.15) is 56.2 Å². The van der Waals surface area contributed by atoms with Gasteiger partial charge < -0.3 is 10.1 Å². The van der Waals surface area contributed by atoms with Crippen LogP contribution >= 0.6 is 0 Å². The van der Waals surface area contributed by atoms with Crippen LogP contribution in [0.25, 0.3) is 0 Å². The summed E-state index contributed by atoms with van der Waals surface area (Å²) in [4.78, 5) is 0. The van der Waals surface area contributed by atoms with Gasteiger partial charge in [-0.1, -0.05) is 24.3 Å². The van der Waals surface area contributed by atoms with E-state index in [1.165, 1.54) is 36.8 Å². The Morgan fingerprint density at radius 2 is 2.11 bits per heavy atom. The molecule has 1 spiro atoms. The van der Waals surface area contributed by atoms with Gasteiger partial charge in [-0.3, -0.25) is 0 Å². The van der Waals surface area contributed by atoms with Crippen LogP contribution in [0.5, 0.6) is 0 Å². The van der Waals surface area contributed by atoms with E-state index in [0.717, 1.165) is 13.0 Å². The quantitative estimate of drug-likeness (QED) is 0.892. The van der Waals surface area contributed by atoms with Gasteiger partial charge in [0.1, 0.15) is 0 Å². The van der Waals surface area contributed by atoms with Crippen molar-refractivity contribution in [1.29, 1.82) is 0 Å². The molecule has 1 aliphatic carbocycles. The molecule has 1 saturated heterocycles. The zero-order valence-corrected chi connectivity index (χ0v) is 12.1. The van der Waals surface area contributed by atoms with Crippen LogP contribution in [0.3, 0.4) is 0 Å². The third-order valence-corrected chi connectivity index (χ3v) is 4.90. The largest absolute Gasteiger partial charge is 0.375 e. The monoisotopic (exact) mass is 259 g/mol. The van der Waals surface area contributed by atoms with Gasteiger partial charge in [0, 0.05) is 18.7 Å². The molecule has 1 aliphatic heterocycles. The number of ether oxygens (including phenoxy) is 1. The Hall–Kier alpha value is -0.860. The minimum Gasteiger partial charge on any atom is -0.375 e. The molecular formula is C17H25NO. The topological polar surface area (TPSA) is 21.3 Å². The highest BCUT2D eigenvalue weighted by atomic mass is 16.5. The van der Waals surface area contributed by atoms with E-state index < -0.39 is 0 Å². The fourth-order valence-corrected chi connectivity index (χ4v) is 3.61. The summed E-state index contributed by atoms with van der Waals surface area (Å²) in [5.74, 6) is 0. The molecule has 0 aromatic heterocycles. The minimum atomic E-state index is 0.237. The molecule has 1 N–H and O–H groups in total. The molecule has 0 radical (unpaired) electrons. The van der Waals surface area contributed by atoms with E-state index in [1.54, 1.807) is 0 Å². The van der Waals surface area contributed by atoms with Crippen LogP contribution in [0.4, 0.5) is 0 Å². The molecular weight excluding hydrogens is 234 g/mol. The number of rotatable bonds is 3. The fourth-order valence-electron chi connectivity index (χ4n) is 3.61. The summed E-state index contributed by atoms with van der Waals surface area (Å²) in [5, 5.41) is 3.82. The lowest BCUT2D eigenvalue weighted by Gasteiger charge is -2.47. The highest BCUT2D eigenvalue weighted by Crippen LogP contribution is 2.42. The van der Waals surface area contributed by atoms with Gasteiger partial charge in [-0.2, -0.15) is 0 Å². The molecule has 0 bridgehead atoms. The molecule has 2 heteroatoms. The van der Waals surface area contributed by atoms with Crippen LogP contribution in [0.2, 0.25) is 0 Å². The Morgan fingerprint density at radius 3 is 2.79 bits per heavy atom. The van der Waals surface area contributed by atoms with Crippen molar-refractivity contribution in [3.8, 4) is 0 Å². The first-order valence-electron chi connectivity index (χ1n) is 7.64. The van der Waals surface area contributed by atoms with Crippen LogP contribution in [-0.4, -0.2) is 18.2 Å². The summed E-state index contributed by atoms with van der Waals surface area (Å²) >= 11 is 0. The zero-order valence-electron chi connectivity index (χ0n) is 12.1. The Bertz CT molecular complexity index is 439. The Morgan fingerprint density at radius 1 is 1.32 bits per heavy atom. The second kappa shape index (κ2) is 5.26. The SMILES string of the molecule is Cc1ccccc1C(C)NC1CCOC2(CCC2)C1. The van der Waals surface area contributed by atoms with Crippen LogP contribution < -0.4 is 5.32 Å².